The number of rotatable bonds is 6. The van der Waals surface area contributed by atoms with Crippen LogP contribution in [0.2, 0.25) is 0 Å². The van der Waals surface area contributed by atoms with Crippen molar-refractivity contribution in [2.45, 2.75) is 19.9 Å². The first kappa shape index (κ1) is 18.4. The van der Waals surface area contributed by atoms with Gasteiger partial charge in [-0.05, 0) is 37.3 Å². The van der Waals surface area contributed by atoms with E-state index in [0.717, 1.165) is 11.0 Å². The standard InChI is InChI=1S/C20H20FN3O3/c1-12(19-9-14-5-3-4-6-18(14)27-19)23-20(26)11-22-15-7-8-16(21)17(10-15)24-13(2)25/h3-10,12,22H,11H2,1-2H3,(H,23,26)(H,24,25). The molecule has 0 aliphatic carbocycles. The van der Waals surface area contributed by atoms with Crippen LogP contribution in [0.4, 0.5) is 15.8 Å². The molecule has 1 atom stereocenters. The minimum absolute atomic E-state index is 0.00425. The van der Waals surface area contributed by atoms with Crippen molar-refractivity contribution in [3.05, 3.63) is 60.1 Å². The second-order valence-electron chi connectivity index (χ2n) is 6.21. The van der Waals surface area contributed by atoms with Gasteiger partial charge in [-0.3, -0.25) is 9.59 Å². The number of fused-ring (bicyclic) bond motifs is 1. The van der Waals surface area contributed by atoms with Crippen molar-refractivity contribution < 1.29 is 18.4 Å². The van der Waals surface area contributed by atoms with Crippen LogP contribution in [0.5, 0.6) is 0 Å². The van der Waals surface area contributed by atoms with Crippen LogP contribution in [0.1, 0.15) is 25.6 Å². The van der Waals surface area contributed by atoms with Gasteiger partial charge in [0.2, 0.25) is 11.8 Å². The molecule has 2 amide bonds. The number of anilines is 2. The van der Waals surface area contributed by atoms with E-state index in [1.54, 1.807) is 0 Å². The lowest BCUT2D eigenvalue weighted by molar-refractivity contribution is -0.120. The van der Waals surface area contributed by atoms with Gasteiger partial charge >= 0.3 is 0 Å². The number of benzene rings is 2. The third-order valence-corrected chi connectivity index (χ3v) is 3.98. The normalized spacial score (nSPS) is 11.8. The Morgan fingerprint density at radius 2 is 1.93 bits per heavy atom. The Labute approximate surface area is 155 Å². The fourth-order valence-electron chi connectivity index (χ4n) is 2.68. The molecule has 7 heteroatoms. The zero-order valence-corrected chi connectivity index (χ0v) is 15.0. The number of hydrogen-bond acceptors (Lipinski definition) is 4. The Kier molecular flexibility index (Phi) is 5.40. The SMILES string of the molecule is CC(=O)Nc1cc(NCC(=O)NC(C)c2cc3ccccc3o2)ccc1F. The summed E-state index contributed by atoms with van der Waals surface area (Å²) < 4.78 is 19.4. The first-order valence-electron chi connectivity index (χ1n) is 8.51. The average molecular weight is 369 g/mol. The maximum absolute atomic E-state index is 13.6. The highest BCUT2D eigenvalue weighted by molar-refractivity contribution is 5.89. The molecule has 27 heavy (non-hydrogen) atoms. The van der Waals surface area contributed by atoms with E-state index in [1.165, 1.54) is 25.1 Å². The summed E-state index contributed by atoms with van der Waals surface area (Å²) in [5.74, 6) is -0.491. The summed E-state index contributed by atoms with van der Waals surface area (Å²) in [5, 5.41) is 9.13. The van der Waals surface area contributed by atoms with Crippen molar-refractivity contribution in [3.8, 4) is 0 Å². The van der Waals surface area contributed by atoms with Gasteiger partial charge in [0.25, 0.3) is 0 Å². The zero-order valence-electron chi connectivity index (χ0n) is 15.0. The molecule has 0 radical (unpaired) electrons. The number of furan rings is 1. The molecule has 2 aromatic carbocycles. The van der Waals surface area contributed by atoms with E-state index in [9.17, 15) is 14.0 Å². The topological polar surface area (TPSA) is 83.4 Å². The van der Waals surface area contributed by atoms with E-state index in [4.69, 9.17) is 4.42 Å². The van der Waals surface area contributed by atoms with Gasteiger partial charge in [-0.1, -0.05) is 18.2 Å². The molecule has 0 aliphatic heterocycles. The highest BCUT2D eigenvalue weighted by Gasteiger charge is 2.14. The number of carbonyl (C=O) groups excluding carboxylic acids is 2. The van der Waals surface area contributed by atoms with Gasteiger partial charge in [-0.15, -0.1) is 0 Å². The van der Waals surface area contributed by atoms with Gasteiger partial charge in [0.1, 0.15) is 17.2 Å². The Morgan fingerprint density at radius 3 is 2.67 bits per heavy atom. The molecule has 0 saturated heterocycles. The van der Waals surface area contributed by atoms with Crippen molar-refractivity contribution in [1.82, 2.24) is 5.32 Å². The van der Waals surface area contributed by atoms with Crippen LogP contribution in [-0.2, 0) is 9.59 Å². The van der Waals surface area contributed by atoms with Gasteiger partial charge in [0.15, 0.2) is 0 Å². The van der Waals surface area contributed by atoms with Crippen molar-refractivity contribution in [2.24, 2.45) is 0 Å². The third-order valence-electron chi connectivity index (χ3n) is 3.98. The highest BCUT2D eigenvalue weighted by Crippen LogP contribution is 2.23. The lowest BCUT2D eigenvalue weighted by Crippen LogP contribution is -2.31. The van der Waals surface area contributed by atoms with Crippen LogP contribution in [0.25, 0.3) is 11.0 Å². The smallest absolute Gasteiger partial charge is 0.239 e. The summed E-state index contributed by atoms with van der Waals surface area (Å²) in [7, 11) is 0. The molecule has 3 N–H and O–H groups in total. The van der Waals surface area contributed by atoms with E-state index in [2.05, 4.69) is 16.0 Å². The van der Waals surface area contributed by atoms with E-state index in [0.29, 0.717) is 11.4 Å². The molecular formula is C20H20FN3O3. The molecule has 0 aliphatic rings. The highest BCUT2D eigenvalue weighted by atomic mass is 19.1. The summed E-state index contributed by atoms with van der Waals surface area (Å²) in [6.07, 6.45) is 0. The molecule has 0 bridgehead atoms. The summed E-state index contributed by atoms with van der Waals surface area (Å²) in [6, 6.07) is 13.4. The summed E-state index contributed by atoms with van der Waals surface area (Å²) in [4.78, 5) is 23.3. The van der Waals surface area contributed by atoms with Crippen molar-refractivity contribution >= 4 is 34.2 Å². The maximum Gasteiger partial charge on any atom is 0.239 e. The first-order valence-corrected chi connectivity index (χ1v) is 8.51. The largest absolute Gasteiger partial charge is 0.459 e. The molecule has 1 unspecified atom stereocenters. The van der Waals surface area contributed by atoms with E-state index in [1.807, 2.05) is 37.3 Å². The monoisotopic (exact) mass is 369 g/mol. The van der Waals surface area contributed by atoms with Crippen molar-refractivity contribution in [1.29, 1.82) is 0 Å². The predicted octanol–water partition coefficient (Wildman–Crippen LogP) is 3.82. The predicted molar refractivity (Wildman–Crippen MR) is 102 cm³/mol. The minimum atomic E-state index is -0.543. The number of hydrogen-bond donors (Lipinski definition) is 3. The second kappa shape index (κ2) is 7.90. The van der Waals surface area contributed by atoms with Crippen molar-refractivity contribution in [3.63, 3.8) is 0 Å². The molecular weight excluding hydrogens is 349 g/mol. The lowest BCUT2D eigenvalue weighted by atomic mass is 10.2. The van der Waals surface area contributed by atoms with Gasteiger partial charge < -0.3 is 20.4 Å². The van der Waals surface area contributed by atoms with Gasteiger partial charge in [-0.2, -0.15) is 0 Å². The zero-order chi connectivity index (χ0) is 19.4. The summed E-state index contributed by atoms with van der Waals surface area (Å²) in [6.45, 7) is 3.13. The van der Waals surface area contributed by atoms with Crippen LogP contribution in [0.15, 0.2) is 52.9 Å². The molecule has 0 saturated carbocycles. The fraction of sp³-hybridized carbons (Fsp3) is 0.200. The van der Waals surface area contributed by atoms with Crippen LogP contribution in [0, 0.1) is 5.82 Å². The van der Waals surface area contributed by atoms with Gasteiger partial charge in [0.05, 0.1) is 18.3 Å². The molecule has 3 rings (SSSR count). The molecule has 0 spiro atoms. The number of amides is 2. The quantitative estimate of drug-likeness (QED) is 0.617. The van der Waals surface area contributed by atoms with Crippen LogP contribution >= 0.6 is 0 Å². The summed E-state index contributed by atoms with van der Waals surface area (Å²) >= 11 is 0. The van der Waals surface area contributed by atoms with Gasteiger partial charge in [-0.25, -0.2) is 4.39 Å². The molecule has 3 aromatic rings. The number of para-hydroxylation sites is 1. The number of carbonyl (C=O) groups is 2. The van der Waals surface area contributed by atoms with Gasteiger partial charge in [0, 0.05) is 18.0 Å². The molecule has 140 valence electrons. The Hall–Kier alpha value is -3.35. The van der Waals surface area contributed by atoms with E-state index in [-0.39, 0.29) is 30.1 Å². The van der Waals surface area contributed by atoms with E-state index >= 15 is 0 Å². The Balaban J connectivity index is 1.58. The van der Waals surface area contributed by atoms with Crippen LogP contribution in [0.3, 0.4) is 0 Å². The number of nitrogens with one attached hydrogen (secondary N) is 3. The second-order valence-corrected chi connectivity index (χ2v) is 6.21. The third kappa shape index (κ3) is 4.63. The fourth-order valence-corrected chi connectivity index (χ4v) is 2.68. The molecule has 0 fully saturated rings. The maximum atomic E-state index is 13.6. The summed E-state index contributed by atoms with van der Waals surface area (Å²) in [5.41, 5.74) is 1.35. The average Bonchev–Trinajstić information content (AvgIpc) is 3.06. The lowest BCUT2D eigenvalue weighted by Gasteiger charge is -2.13. The minimum Gasteiger partial charge on any atom is -0.459 e. The van der Waals surface area contributed by atoms with E-state index < -0.39 is 5.82 Å². The Bertz CT molecular complexity index is 951. The number of halogens is 1. The van der Waals surface area contributed by atoms with Crippen LogP contribution < -0.4 is 16.0 Å². The molecule has 1 aromatic heterocycles. The first-order chi connectivity index (χ1) is 12.9. The molecule has 6 nitrogen and oxygen atoms in total. The van der Waals surface area contributed by atoms with Crippen LogP contribution in [-0.4, -0.2) is 18.4 Å². The van der Waals surface area contributed by atoms with Crippen molar-refractivity contribution in [2.75, 3.05) is 17.2 Å². The Morgan fingerprint density at radius 1 is 1.15 bits per heavy atom. The molecule has 1 heterocycles.